The molecule has 7 heteroatoms. The summed E-state index contributed by atoms with van der Waals surface area (Å²) in [5.41, 5.74) is 0.474. The van der Waals surface area contributed by atoms with Crippen molar-refractivity contribution in [2.45, 2.75) is 39.7 Å². The zero-order valence-corrected chi connectivity index (χ0v) is 16.1. The van der Waals surface area contributed by atoms with Crippen molar-refractivity contribution >= 4 is 38.5 Å². The Hall–Kier alpha value is -1.47. The van der Waals surface area contributed by atoms with E-state index in [0.717, 1.165) is 21.3 Å². The molecule has 0 bridgehead atoms. The summed E-state index contributed by atoms with van der Waals surface area (Å²) in [5, 5.41) is 0.639. The van der Waals surface area contributed by atoms with Gasteiger partial charge in [0.2, 0.25) is 0 Å². The van der Waals surface area contributed by atoms with Gasteiger partial charge in [0, 0.05) is 35.2 Å². The molecule has 0 radical (unpaired) electrons. The number of rotatable bonds is 4. The minimum Gasteiger partial charge on any atom is -0.443 e. The van der Waals surface area contributed by atoms with Gasteiger partial charge in [-0.1, -0.05) is 18.3 Å². The zero-order valence-electron chi connectivity index (χ0n) is 13.7. The van der Waals surface area contributed by atoms with Crippen molar-refractivity contribution in [2.24, 2.45) is 0 Å². The molecule has 5 nitrogen and oxygen atoms in total. The third-order valence-electron chi connectivity index (χ3n) is 2.82. The van der Waals surface area contributed by atoms with Gasteiger partial charge in [-0.25, -0.2) is 9.78 Å². The predicted molar refractivity (Wildman–Crippen MR) is 96.9 cm³/mol. The van der Waals surface area contributed by atoms with Gasteiger partial charge in [-0.05, 0) is 49.2 Å². The number of pyridine rings is 1. The van der Waals surface area contributed by atoms with Crippen LogP contribution in [0.5, 0.6) is 0 Å². The Bertz CT molecular complexity index is 682. The SMILES string of the molecule is CCCN(C(=O)OC(C)(C)C)c1ncc(-c2ccncc2Br)s1. The summed E-state index contributed by atoms with van der Waals surface area (Å²) in [6.45, 7) is 8.16. The molecular weight excluding hydrogens is 378 g/mol. The Balaban J connectivity index is 2.28. The molecule has 0 spiro atoms. The number of amides is 1. The fourth-order valence-electron chi connectivity index (χ4n) is 1.89. The number of halogens is 1. The molecule has 2 rings (SSSR count). The Morgan fingerprint density at radius 1 is 1.39 bits per heavy atom. The van der Waals surface area contributed by atoms with Crippen molar-refractivity contribution < 1.29 is 9.53 Å². The Morgan fingerprint density at radius 3 is 2.74 bits per heavy atom. The summed E-state index contributed by atoms with van der Waals surface area (Å²) < 4.78 is 6.38. The van der Waals surface area contributed by atoms with Crippen LogP contribution in [0.2, 0.25) is 0 Å². The third kappa shape index (κ3) is 4.75. The van der Waals surface area contributed by atoms with E-state index in [2.05, 4.69) is 25.9 Å². The molecule has 23 heavy (non-hydrogen) atoms. The van der Waals surface area contributed by atoms with Gasteiger partial charge in [0.1, 0.15) is 5.60 Å². The van der Waals surface area contributed by atoms with Gasteiger partial charge in [-0.15, -0.1) is 0 Å². The standard InChI is InChI=1S/C16H20BrN3O2S/c1-5-8-20(15(21)22-16(2,3)4)14-19-10-13(23-14)11-6-7-18-9-12(11)17/h6-7,9-10H,5,8H2,1-4H3. The monoisotopic (exact) mass is 397 g/mol. The van der Waals surface area contributed by atoms with Gasteiger partial charge < -0.3 is 4.74 Å². The minimum atomic E-state index is -0.530. The number of anilines is 1. The first-order valence-electron chi connectivity index (χ1n) is 7.38. The molecule has 2 aromatic heterocycles. The lowest BCUT2D eigenvalue weighted by Gasteiger charge is -2.25. The highest BCUT2D eigenvalue weighted by Gasteiger charge is 2.25. The van der Waals surface area contributed by atoms with E-state index in [1.54, 1.807) is 23.5 Å². The van der Waals surface area contributed by atoms with Crippen LogP contribution >= 0.6 is 27.3 Å². The molecule has 0 N–H and O–H groups in total. The molecule has 0 unspecified atom stereocenters. The fourth-order valence-corrected chi connectivity index (χ4v) is 3.46. The first kappa shape index (κ1) is 17.9. The summed E-state index contributed by atoms with van der Waals surface area (Å²) in [6, 6.07) is 1.92. The second kappa shape index (κ2) is 7.40. The quantitative estimate of drug-likeness (QED) is 0.718. The van der Waals surface area contributed by atoms with E-state index in [9.17, 15) is 4.79 Å². The lowest BCUT2D eigenvalue weighted by Crippen LogP contribution is -2.37. The van der Waals surface area contributed by atoms with E-state index in [1.807, 2.05) is 33.8 Å². The van der Waals surface area contributed by atoms with Gasteiger partial charge in [-0.2, -0.15) is 0 Å². The highest BCUT2D eigenvalue weighted by Crippen LogP contribution is 2.35. The number of hydrogen-bond acceptors (Lipinski definition) is 5. The number of aromatic nitrogens is 2. The predicted octanol–water partition coefficient (Wildman–Crippen LogP) is 5.12. The maximum absolute atomic E-state index is 12.4. The smallest absolute Gasteiger partial charge is 0.416 e. The van der Waals surface area contributed by atoms with Gasteiger partial charge in [-0.3, -0.25) is 9.88 Å². The summed E-state index contributed by atoms with van der Waals surface area (Å²) in [4.78, 5) is 23.4. The Labute approximate surface area is 148 Å². The lowest BCUT2D eigenvalue weighted by molar-refractivity contribution is 0.0580. The third-order valence-corrected chi connectivity index (χ3v) is 4.51. The van der Waals surface area contributed by atoms with E-state index in [0.29, 0.717) is 11.7 Å². The van der Waals surface area contributed by atoms with Gasteiger partial charge >= 0.3 is 6.09 Å². The van der Waals surface area contributed by atoms with Crippen LogP contribution in [0, 0.1) is 0 Å². The summed E-state index contributed by atoms with van der Waals surface area (Å²) in [5.74, 6) is 0. The van der Waals surface area contributed by atoms with Crippen molar-refractivity contribution in [2.75, 3.05) is 11.4 Å². The van der Waals surface area contributed by atoms with Crippen LogP contribution in [0.15, 0.2) is 29.1 Å². The number of carbonyl (C=O) groups excluding carboxylic acids is 1. The van der Waals surface area contributed by atoms with Crippen molar-refractivity contribution in [3.63, 3.8) is 0 Å². The van der Waals surface area contributed by atoms with Crippen LogP contribution < -0.4 is 4.90 Å². The maximum Gasteiger partial charge on any atom is 0.416 e. The number of ether oxygens (including phenoxy) is 1. The highest BCUT2D eigenvalue weighted by molar-refractivity contribution is 9.10. The molecule has 0 aromatic carbocycles. The zero-order chi connectivity index (χ0) is 17.0. The van der Waals surface area contributed by atoms with Crippen LogP contribution in [0.1, 0.15) is 34.1 Å². The molecule has 0 atom stereocenters. The van der Waals surface area contributed by atoms with Gasteiger partial charge in [0.15, 0.2) is 5.13 Å². The molecule has 0 saturated heterocycles. The van der Waals surface area contributed by atoms with Gasteiger partial charge in [0.05, 0.1) is 4.88 Å². The second-order valence-corrected chi connectivity index (χ2v) is 7.86. The molecule has 1 amide bonds. The second-order valence-electron chi connectivity index (χ2n) is 5.99. The lowest BCUT2D eigenvalue weighted by atomic mass is 10.2. The van der Waals surface area contributed by atoms with E-state index in [1.165, 1.54) is 11.3 Å². The van der Waals surface area contributed by atoms with Crippen molar-refractivity contribution in [1.82, 2.24) is 9.97 Å². The van der Waals surface area contributed by atoms with Crippen molar-refractivity contribution in [1.29, 1.82) is 0 Å². The molecule has 0 saturated carbocycles. The van der Waals surface area contributed by atoms with E-state index < -0.39 is 5.60 Å². The fraction of sp³-hybridized carbons (Fsp3) is 0.438. The topological polar surface area (TPSA) is 55.3 Å². The Kier molecular flexibility index (Phi) is 5.75. The molecule has 0 aliphatic heterocycles. The molecule has 0 aliphatic carbocycles. The average molecular weight is 398 g/mol. The number of carbonyl (C=O) groups is 1. The summed E-state index contributed by atoms with van der Waals surface area (Å²) >= 11 is 4.95. The molecule has 2 heterocycles. The van der Waals surface area contributed by atoms with E-state index >= 15 is 0 Å². The van der Waals surface area contributed by atoms with Crippen LogP contribution in [-0.4, -0.2) is 28.2 Å². The summed E-state index contributed by atoms with van der Waals surface area (Å²) in [6.07, 6.45) is 5.71. The van der Waals surface area contributed by atoms with Crippen LogP contribution in [0.3, 0.4) is 0 Å². The average Bonchev–Trinajstić information content (AvgIpc) is 2.92. The normalized spacial score (nSPS) is 11.3. The molecule has 0 aliphatic rings. The number of nitrogens with zero attached hydrogens (tertiary/aromatic N) is 3. The molecule has 2 aromatic rings. The number of hydrogen-bond donors (Lipinski definition) is 0. The van der Waals surface area contributed by atoms with Crippen LogP contribution in [0.4, 0.5) is 9.93 Å². The van der Waals surface area contributed by atoms with Gasteiger partial charge in [0.25, 0.3) is 0 Å². The van der Waals surface area contributed by atoms with Crippen molar-refractivity contribution in [3.8, 4) is 10.4 Å². The number of thiazole rings is 1. The van der Waals surface area contributed by atoms with Crippen LogP contribution in [0.25, 0.3) is 10.4 Å². The molecule has 124 valence electrons. The molecule has 0 fully saturated rings. The largest absolute Gasteiger partial charge is 0.443 e. The van der Waals surface area contributed by atoms with Crippen molar-refractivity contribution in [3.05, 3.63) is 29.1 Å². The minimum absolute atomic E-state index is 0.367. The Morgan fingerprint density at radius 2 is 2.13 bits per heavy atom. The first-order chi connectivity index (χ1) is 10.8. The maximum atomic E-state index is 12.4. The highest BCUT2D eigenvalue weighted by atomic mass is 79.9. The molecular formula is C16H20BrN3O2S. The van der Waals surface area contributed by atoms with E-state index in [-0.39, 0.29) is 6.09 Å². The van der Waals surface area contributed by atoms with E-state index in [4.69, 9.17) is 4.74 Å². The van der Waals surface area contributed by atoms with Crippen LogP contribution in [-0.2, 0) is 4.74 Å². The summed E-state index contributed by atoms with van der Waals surface area (Å²) in [7, 11) is 0. The first-order valence-corrected chi connectivity index (χ1v) is 8.99.